The van der Waals surface area contributed by atoms with Gasteiger partial charge in [0.25, 0.3) is 5.56 Å². The lowest BCUT2D eigenvalue weighted by molar-refractivity contribution is -0.115. The van der Waals surface area contributed by atoms with Crippen molar-refractivity contribution < 1.29 is 14.4 Å². The van der Waals surface area contributed by atoms with Crippen LogP contribution in [0.4, 0.5) is 11.4 Å². The molecule has 10 heteroatoms. The number of Topliss-reactive ketones (excluding diaryl/α,β-unsaturated/α-hetero) is 1. The van der Waals surface area contributed by atoms with E-state index in [-0.39, 0.29) is 28.4 Å². The van der Waals surface area contributed by atoms with E-state index in [1.807, 2.05) is 0 Å². The molecule has 2 aromatic carbocycles. The van der Waals surface area contributed by atoms with Gasteiger partial charge in [-0.3, -0.25) is 24.2 Å². The number of ketones is 1. The van der Waals surface area contributed by atoms with Crippen molar-refractivity contribution in [2.24, 2.45) is 0 Å². The van der Waals surface area contributed by atoms with Gasteiger partial charge in [-0.1, -0.05) is 30.0 Å². The molecule has 164 valence electrons. The Bertz CT molecular complexity index is 1220. The van der Waals surface area contributed by atoms with E-state index in [1.54, 1.807) is 55.5 Å². The summed E-state index contributed by atoms with van der Waals surface area (Å²) in [5.74, 6) is -0.629. The topological polar surface area (TPSA) is 134 Å². The van der Waals surface area contributed by atoms with Gasteiger partial charge in [0.2, 0.25) is 11.8 Å². The Balaban J connectivity index is 1.71. The summed E-state index contributed by atoms with van der Waals surface area (Å²) in [5.41, 5.74) is 1.56. The first-order chi connectivity index (χ1) is 15.2. The zero-order chi connectivity index (χ0) is 23.3. The number of nitrogens with zero attached hydrogens (tertiary/aromatic N) is 2. The van der Waals surface area contributed by atoms with Gasteiger partial charge in [-0.25, -0.2) is 0 Å². The number of anilines is 2. The predicted octanol–water partition coefficient (Wildman–Crippen LogP) is 3.11. The van der Waals surface area contributed by atoms with Gasteiger partial charge in [-0.15, -0.1) is 10.2 Å². The van der Waals surface area contributed by atoms with Crippen molar-refractivity contribution in [3.63, 3.8) is 0 Å². The lowest BCUT2D eigenvalue weighted by Gasteiger charge is -2.12. The molecule has 0 spiro atoms. The summed E-state index contributed by atoms with van der Waals surface area (Å²) in [6.07, 6.45) is 0. The molecule has 0 radical (unpaired) electrons. The molecule has 0 aliphatic rings. The molecule has 32 heavy (non-hydrogen) atoms. The van der Waals surface area contributed by atoms with Crippen LogP contribution in [0.1, 0.15) is 31.1 Å². The number of carbonyl (C=O) groups is 3. The zero-order valence-electron chi connectivity index (χ0n) is 17.6. The van der Waals surface area contributed by atoms with Gasteiger partial charge >= 0.3 is 0 Å². The minimum Gasteiger partial charge on any atom is -0.326 e. The summed E-state index contributed by atoms with van der Waals surface area (Å²) in [7, 11) is 0. The van der Waals surface area contributed by atoms with Crippen molar-refractivity contribution >= 4 is 40.7 Å². The first kappa shape index (κ1) is 22.9. The largest absolute Gasteiger partial charge is 0.326 e. The molecular weight excluding hydrogens is 430 g/mol. The molecule has 0 unspecified atom stereocenters. The lowest BCUT2D eigenvalue weighted by atomic mass is 10.1. The highest BCUT2D eigenvalue weighted by atomic mass is 32.2. The number of benzene rings is 2. The van der Waals surface area contributed by atoms with Crippen molar-refractivity contribution in [2.45, 2.75) is 31.2 Å². The second kappa shape index (κ2) is 10.0. The van der Waals surface area contributed by atoms with E-state index in [0.717, 1.165) is 11.8 Å². The first-order valence-electron chi connectivity index (χ1n) is 9.67. The number of hydrogen-bond acceptors (Lipinski definition) is 7. The van der Waals surface area contributed by atoms with Crippen molar-refractivity contribution in [2.75, 3.05) is 10.6 Å². The van der Waals surface area contributed by atoms with Crippen molar-refractivity contribution in [3.05, 3.63) is 64.4 Å². The van der Waals surface area contributed by atoms with Gasteiger partial charge in [-0.05, 0) is 44.2 Å². The van der Waals surface area contributed by atoms with Crippen LogP contribution in [0.15, 0.2) is 58.5 Å². The Kier molecular flexibility index (Phi) is 7.16. The highest BCUT2D eigenvalue weighted by Crippen LogP contribution is 2.25. The smallest absolute Gasteiger partial charge is 0.278 e. The molecule has 0 aliphatic heterocycles. The Hall–Kier alpha value is -3.79. The number of aromatic amines is 1. The fraction of sp³-hybridized carbons (Fsp3) is 0.182. The average molecular weight is 452 g/mol. The van der Waals surface area contributed by atoms with Gasteiger partial charge in [0.15, 0.2) is 16.6 Å². The molecule has 0 bridgehead atoms. The summed E-state index contributed by atoms with van der Waals surface area (Å²) < 4.78 is 0. The van der Waals surface area contributed by atoms with Crippen molar-refractivity contribution in [3.8, 4) is 11.3 Å². The maximum atomic E-state index is 12.6. The first-order valence-corrected chi connectivity index (χ1v) is 10.5. The van der Waals surface area contributed by atoms with Gasteiger partial charge in [0.05, 0.1) is 10.9 Å². The van der Waals surface area contributed by atoms with Crippen LogP contribution < -0.4 is 16.2 Å². The standard InChI is InChI=1S/C22H21N5O4S/c1-12(28)15-8-10-16(11-9-15)24-20(30)13(2)32-22-25-21(31)19(26-27-22)17-6-4-5-7-18(17)23-14(3)29/h4-11,13H,1-3H3,(H,23,29)(H,24,30)(H,25,27,31)/t13-/m1/s1. The van der Waals surface area contributed by atoms with Crippen LogP contribution in [0.2, 0.25) is 0 Å². The van der Waals surface area contributed by atoms with E-state index in [4.69, 9.17) is 0 Å². The Labute approximate surface area is 188 Å². The highest BCUT2D eigenvalue weighted by molar-refractivity contribution is 8.00. The molecule has 9 nitrogen and oxygen atoms in total. The second-order valence-electron chi connectivity index (χ2n) is 6.92. The monoisotopic (exact) mass is 451 g/mol. The number of nitrogens with one attached hydrogen (secondary N) is 3. The molecule has 0 fully saturated rings. The zero-order valence-corrected chi connectivity index (χ0v) is 18.4. The van der Waals surface area contributed by atoms with Crippen molar-refractivity contribution in [1.82, 2.24) is 15.2 Å². The molecular formula is C22H21N5O4S. The number of hydrogen-bond donors (Lipinski definition) is 3. The van der Waals surface area contributed by atoms with Crippen LogP contribution in [-0.4, -0.2) is 38.0 Å². The van der Waals surface area contributed by atoms with Crippen LogP contribution >= 0.6 is 11.8 Å². The molecule has 0 saturated heterocycles. The van der Waals surface area contributed by atoms with E-state index in [0.29, 0.717) is 22.5 Å². The summed E-state index contributed by atoms with van der Waals surface area (Å²) in [4.78, 5) is 50.5. The van der Waals surface area contributed by atoms with E-state index in [9.17, 15) is 19.2 Å². The molecule has 1 atom stereocenters. The fourth-order valence-electron chi connectivity index (χ4n) is 2.79. The van der Waals surface area contributed by atoms with E-state index in [1.165, 1.54) is 13.8 Å². The Morgan fingerprint density at radius 1 is 0.969 bits per heavy atom. The third-order valence-corrected chi connectivity index (χ3v) is 5.36. The number of amides is 2. The van der Waals surface area contributed by atoms with Crippen LogP contribution in [0.5, 0.6) is 0 Å². The van der Waals surface area contributed by atoms with E-state index >= 15 is 0 Å². The van der Waals surface area contributed by atoms with Gasteiger partial charge < -0.3 is 10.6 Å². The Morgan fingerprint density at radius 2 is 1.66 bits per heavy atom. The predicted molar refractivity (Wildman–Crippen MR) is 123 cm³/mol. The minimum absolute atomic E-state index is 0.0568. The summed E-state index contributed by atoms with van der Waals surface area (Å²) >= 11 is 1.05. The molecule has 3 N–H and O–H groups in total. The quantitative estimate of drug-likeness (QED) is 0.371. The second-order valence-corrected chi connectivity index (χ2v) is 8.25. The van der Waals surface area contributed by atoms with Gasteiger partial charge in [0, 0.05) is 23.7 Å². The Morgan fingerprint density at radius 3 is 2.28 bits per heavy atom. The number of rotatable bonds is 7. The third-order valence-electron chi connectivity index (χ3n) is 4.39. The van der Waals surface area contributed by atoms with Crippen LogP contribution in [0, 0.1) is 0 Å². The highest BCUT2D eigenvalue weighted by Gasteiger charge is 2.18. The maximum absolute atomic E-state index is 12.6. The molecule has 1 aromatic heterocycles. The molecule has 3 aromatic rings. The number of aromatic nitrogens is 3. The number of thioether (sulfide) groups is 1. The summed E-state index contributed by atoms with van der Waals surface area (Å²) in [6.45, 7) is 4.51. The van der Waals surface area contributed by atoms with Gasteiger partial charge in [0.1, 0.15) is 0 Å². The molecule has 0 saturated carbocycles. The SMILES string of the molecule is CC(=O)Nc1ccccc1-c1nnc(S[C@H](C)C(=O)Nc2ccc(C(C)=O)cc2)[nH]c1=O. The van der Waals surface area contributed by atoms with Crippen LogP contribution in [0.25, 0.3) is 11.3 Å². The van der Waals surface area contributed by atoms with Crippen LogP contribution in [-0.2, 0) is 9.59 Å². The van der Waals surface area contributed by atoms with E-state index < -0.39 is 10.8 Å². The van der Waals surface area contributed by atoms with Crippen molar-refractivity contribution in [1.29, 1.82) is 0 Å². The summed E-state index contributed by atoms with van der Waals surface area (Å²) in [5, 5.41) is 13.1. The summed E-state index contributed by atoms with van der Waals surface area (Å²) in [6, 6.07) is 13.3. The molecule has 3 rings (SSSR count). The van der Waals surface area contributed by atoms with E-state index in [2.05, 4.69) is 25.8 Å². The molecule has 1 heterocycles. The normalized spacial score (nSPS) is 11.5. The lowest BCUT2D eigenvalue weighted by Crippen LogP contribution is -2.23. The minimum atomic E-state index is -0.579. The number of para-hydroxylation sites is 1. The number of carbonyl (C=O) groups excluding carboxylic acids is 3. The maximum Gasteiger partial charge on any atom is 0.278 e. The molecule has 2 amide bonds. The average Bonchev–Trinajstić information content (AvgIpc) is 2.74. The fourth-order valence-corrected chi connectivity index (χ4v) is 3.53. The van der Waals surface area contributed by atoms with Crippen LogP contribution in [0.3, 0.4) is 0 Å². The molecule has 0 aliphatic carbocycles. The third kappa shape index (κ3) is 5.67. The number of H-pyrrole nitrogens is 1. The van der Waals surface area contributed by atoms with Gasteiger partial charge in [-0.2, -0.15) is 0 Å².